The smallest absolute Gasteiger partial charge is 0.235 e. The molecule has 0 amide bonds. The van der Waals surface area contributed by atoms with E-state index in [0.717, 1.165) is 28.0 Å². The van der Waals surface area contributed by atoms with Crippen molar-refractivity contribution in [3.8, 4) is 5.88 Å². The molecular formula is C17H20ClN4OS+. The van der Waals surface area contributed by atoms with Crippen LogP contribution in [-0.4, -0.2) is 32.8 Å². The summed E-state index contributed by atoms with van der Waals surface area (Å²) in [4.78, 5) is 7.58. The van der Waals surface area contributed by atoms with Crippen LogP contribution >= 0.6 is 22.9 Å². The quantitative estimate of drug-likeness (QED) is 0.752. The number of thiazole rings is 1. The second-order valence-electron chi connectivity index (χ2n) is 6.35. The Bertz CT molecular complexity index is 851. The molecule has 0 saturated carbocycles. The van der Waals surface area contributed by atoms with Gasteiger partial charge in [-0.3, -0.25) is 0 Å². The SMILES string of the molecule is Cc1nc2sc([C@H](c3ccc(Cl)cc3)[NH+]3CCCCC3)c(O)n2n1. The molecule has 1 aliphatic rings. The second kappa shape index (κ2) is 6.35. The molecule has 3 heterocycles. The van der Waals surface area contributed by atoms with E-state index in [0.29, 0.717) is 5.82 Å². The zero-order valence-electron chi connectivity index (χ0n) is 13.5. The molecule has 0 unspecified atom stereocenters. The maximum absolute atomic E-state index is 10.8. The summed E-state index contributed by atoms with van der Waals surface area (Å²) in [6.45, 7) is 4.06. The number of rotatable bonds is 3. The first-order valence-electron chi connectivity index (χ1n) is 8.28. The number of aromatic nitrogens is 3. The summed E-state index contributed by atoms with van der Waals surface area (Å²) in [6.07, 6.45) is 3.73. The van der Waals surface area contributed by atoms with Crippen LogP contribution in [0.25, 0.3) is 4.96 Å². The fourth-order valence-electron chi connectivity index (χ4n) is 3.56. The molecule has 0 bridgehead atoms. The van der Waals surface area contributed by atoms with Gasteiger partial charge in [0.05, 0.1) is 13.1 Å². The maximum atomic E-state index is 10.8. The molecule has 7 heteroatoms. The van der Waals surface area contributed by atoms with Crippen LogP contribution in [0.15, 0.2) is 24.3 Å². The number of aryl methyl sites for hydroxylation is 1. The number of aromatic hydroxyl groups is 1. The molecule has 1 aliphatic heterocycles. The van der Waals surface area contributed by atoms with Gasteiger partial charge in [-0.05, 0) is 38.3 Å². The lowest BCUT2D eigenvalue weighted by Crippen LogP contribution is -3.13. The Morgan fingerprint density at radius 2 is 1.92 bits per heavy atom. The lowest BCUT2D eigenvalue weighted by atomic mass is 10.0. The van der Waals surface area contributed by atoms with Crippen molar-refractivity contribution >= 4 is 27.9 Å². The average molecular weight is 364 g/mol. The monoisotopic (exact) mass is 363 g/mol. The molecule has 1 saturated heterocycles. The number of hydrogen-bond donors (Lipinski definition) is 2. The van der Waals surface area contributed by atoms with Crippen LogP contribution in [0.5, 0.6) is 5.88 Å². The van der Waals surface area contributed by atoms with Gasteiger partial charge in [-0.2, -0.15) is 4.52 Å². The van der Waals surface area contributed by atoms with E-state index in [-0.39, 0.29) is 11.9 Å². The predicted octanol–water partition coefficient (Wildman–Crippen LogP) is 2.62. The summed E-state index contributed by atoms with van der Waals surface area (Å²) in [7, 11) is 0. The van der Waals surface area contributed by atoms with E-state index >= 15 is 0 Å². The number of likely N-dealkylation sites (tertiary alicyclic amines) is 1. The fraction of sp³-hybridized carbons (Fsp3) is 0.412. The number of benzene rings is 1. The van der Waals surface area contributed by atoms with Crippen LogP contribution in [0.2, 0.25) is 5.02 Å². The van der Waals surface area contributed by atoms with Gasteiger partial charge < -0.3 is 10.0 Å². The van der Waals surface area contributed by atoms with Crippen molar-refractivity contribution in [1.82, 2.24) is 14.6 Å². The Hall–Kier alpha value is -1.63. The van der Waals surface area contributed by atoms with Gasteiger partial charge in [0.1, 0.15) is 10.7 Å². The summed E-state index contributed by atoms with van der Waals surface area (Å²) >= 11 is 7.60. The highest BCUT2D eigenvalue weighted by Gasteiger charge is 2.33. The third-order valence-electron chi connectivity index (χ3n) is 4.68. The van der Waals surface area contributed by atoms with Crippen molar-refractivity contribution in [3.05, 3.63) is 45.6 Å². The third-order valence-corrected chi connectivity index (χ3v) is 6.01. The minimum atomic E-state index is 0.0939. The van der Waals surface area contributed by atoms with Gasteiger partial charge in [0, 0.05) is 10.6 Å². The Balaban J connectivity index is 1.82. The number of nitrogens with zero attached hydrogens (tertiary/aromatic N) is 3. The number of hydrogen-bond acceptors (Lipinski definition) is 4. The van der Waals surface area contributed by atoms with E-state index < -0.39 is 0 Å². The number of piperidine rings is 1. The zero-order valence-corrected chi connectivity index (χ0v) is 15.1. The Morgan fingerprint density at radius 1 is 1.21 bits per heavy atom. The molecule has 4 rings (SSSR count). The van der Waals surface area contributed by atoms with Crippen molar-refractivity contribution in [2.75, 3.05) is 13.1 Å². The molecule has 1 fully saturated rings. The minimum absolute atomic E-state index is 0.0939. The standard InChI is InChI=1S/C17H19ClN4OS/c1-11-19-17-22(20-11)16(23)15(24-17)14(21-9-3-2-4-10-21)12-5-7-13(18)8-6-12/h5-8,14,23H,2-4,9-10H2,1H3/p+1/t14-/m0/s1. The largest absolute Gasteiger partial charge is 0.492 e. The molecule has 126 valence electrons. The Labute approximate surface area is 149 Å². The maximum Gasteiger partial charge on any atom is 0.235 e. The molecule has 3 aromatic rings. The van der Waals surface area contributed by atoms with Gasteiger partial charge >= 0.3 is 0 Å². The highest BCUT2D eigenvalue weighted by molar-refractivity contribution is 7.17. The highest BCUT2D eigenvalue weighted by atomic mass is 35.5. The molecule has 2 N–H and O–H groups in total. The lowest BCUT2D eigenvalue weighted by Gasteiger charge is -2.31. The van der Waals surface area contributed by atoms with E-state index in [9.17, 15) is 5.11 Å². The van der Waals surface area contributed by atoms with Crippen LogP contribution < -0.4 is 4.90 Å². The molecule has 5 nitrogen and oxygen atoms in total. The molecule has 0 aliphatic carbocycles. The average Bonchev–Trinajstić information content (AvgIpc) is 3.09. The number of quaternary nitrogens is 1. The summed E-state index contributed by atoms with van der Waals surface area (Å²) in [5, 5.41) is 15.8. The summed E-state index contributed by atoms with van der Waals surface area (Å²) in [6, 6.07) is 8.07. The van der Waals surface area contributed by atoms with Gasteiger partial charge in [0.2, 0.25) is 10.8 Å². The Morgan fingerprint density at radius 3 is 2.58 bits per heavy atom. The van der Waals surface area contributed by atoms with E-state index in [2.05, 4.69) is 22.2 Å². The molecule has 2 aromatic heterocycles. The van der Waals surface area contributed by atoms with Gasteiger partial charge in [-0.25, -0.2) is 4.98 Å². The highest BCUT2D eigenvalue weighted by Crippen LogP contribution is 2.35. The van der Waals surface area contributed by atoms with Crippen molar-refractivity contribution in [3.63, 3.8) is 0 Å². The number of fused-ring (bicyclic) bond motifs is 1. The van der Waals surface area contributed by atoms with Crippen LogP contribution in [0.1, 0.15) is 41.6 Å². The molecule has 1 atom stereocenters. The van der Waals surface area contributed by atoms with Crippen LogP contribution in [0.4, 0.5) is 0 Å². The van der Waals surface area contributed by atoms with Gasteiger partial charge in [-0.1, -0.05) is 35.1 Å². The fourth-order valence-corrected chi connectivity index (χ4v) is 4.87. The lowest BCUT2D eigenvalue weighted by molar-refractivity contribution is -0.929. The van der Waals surface area contributed by atoms with Crippen molar-refractivity contribution in [1.29, 1.82) is 0 Å². The predicted molar refractivity (Wildman–Crippen MR) is 95.1 cm³/mol. The summed E-state index contributed by atoms with van der Waals surface area (Å²) in [5.41, 5.74) is 1.17. The number of nitrogens with one attached hydrogen (secondary N) is 1. The first-order valence-corrected chi connectivity index (χ1v) is 9.48. The van der Waals surface area contributed by atoms with Gasteiger partial charge in [0.15, 0.2) is 6.04 Å². The van der Waals surface area contributed by atoms with E-state index in [4.69, 9.17) is 11.6 Å². The van der Waals surface area contributed by atoms with Gasteiger partial charge in [-0.15, -0.1) is 5.10 Å². The Kier molecular flexibility index (Phi) is 4.20. The zero-order chi connectivity index (χ0) is 16.7. The first-order chi connectivity index (χ1) is 11.6. The normalized spacial score (nSPS) is 17.4. The molecular weight excluding hydrogens is 344 g/mol. The summed E-state index contributed by atoms with van der Waals surface area (Å²) in [5.74, 6) is 0.894. The van der Waals surface area contributed by atoms with E-state index in [1.807, 2.05) is 19.1 Å². The van der Waals surface area contributed by atoms with Crippen LogP contribution in [-0.2, 0) is 0 Å². The summed E-state index contributed by atoms with van der Waals surface area (Å²) < 4.78 is 1.56. The van der Waals surface area contributed by atoms with Gasteiger partial charge in [0.25, 0.3) is 0 Å². The second-order valence-corrected chi connectivity index (χ2v) is 7.79. The van der Waals surface area contributed by atoms with Crippen LogP contribution in [0, 0.1) is 6.92 Å². The van der Waals surface area contributed by atoms with Crippen molar-refractivity contribution in [2.45, 2.75) is 32.2 Å². The molecule has 24 heavy (non-hydrogen) atoms. The molecule has 1 aromatic carbocycles. The van der Waals surface area contributed by atoms with Crippen molar-refractivity contribution in [2.24, 2.45) is 0 Å². The third kappa shape index (κ3) is 2.79. The minimum Gasteiger partial charge on any atom is -0.492 e. The van der Waals surface area contributed by atoms with E-state index in [1.165, 1.54) is 41.1 Å². The van der Waals surface area contributed by atoms with Crippen LogP contribution in [0.3, 0.4) is 0 Å². The topological polar surface area (TPSA) is 54.9 Å². The first kappa shape index (κ1) is 15.9. The molecule has 0 radical (unpaired) electrons. The molecule has 0 spiro atoms. The number of halogens is 1. The van der Waals surface area contributed by atoms with Crippen molar-refractivity contribution < 1.29 is 10.0 Å². The van der Waals surface area contributed by atoms with E-state index in [1.54, 1.807) is 4.52 Å².